The van der Waals surface area contributed by atoms with Crippen molar-refractivity contribution in [1.29, 1.82) is 0 Å². The Hall–Kier alpha value is -0.990. The number of nitrogens with zero attached hydrogens (tertiary/aromatic N) is 4. The minimum Gasteiger partial charge on any atom is -0.387 e. The Bertz CT molecular complexity index is 568. The van der Waals surface area contributed by atoms with Crippen molar-refractivity contribution in [1.82, 2.24) is 19.3 Å². The Morgan fingerprint density at radius 3 is 2.76 bits per heavy atom. The standard InChI is InChI=1S/C13H22N4O3S/c18-13(10-16-8-6-14-15-16)5-7-17(11-13)21(19,20)9-12-3-1-2-4-12/h6,8,12,18H,1-5,7,9-11H2. The average Bonchev–Trinajstić information content (AvgIpc) is 3.11. The first-order chi connectivity index (χ1) is 9.97. The monoisotopic (exact) mass is 314 g/mol. The number of β-amino-alcohol motifs (C(OH)–C–C–N with tert-alkyl or cyclic N) is 1. The second kappa shape index (κ2) is 5.66. The van der Waals surface area contributed by atoms with Gasteiger partial charge in [-0.2, -0.15) is 4.31 Å². The van der Waals surface area contributed by atoms with Gasteiger partial charge in [0.25, 0.3) is 0 Å². The minimum absolute atomic E-state index is 0.155. The molecule has 1 saturated heterocycles. The van der Waals surface area contributed by atoms with Gasteiger partial charge in [0.15, 0.2) is 0 Å². The number of hydrogen-bond acceptors (Lipinski definition) is 5. The van der Waals surface area contributed by atoms with Gasteiger partial charge in [-0.15, -0.1) is 5.10 Å². The lowest BCUT2D eigenvalue weighted by Crippen LogP contribution is -2.40. The first-order valence-corrected chi connectivity index (χ1v) is 9.12. The van der Waals surface area contributed by atoms with Crippen LogP contribution in [0, 0.1) is 5.92 Å². The molecule has 7 nitrogen and oxygen atoms in total. The van der Waals surface area contributed by atoms with Crippen molar-refractivity contribution in [2.24, 2.45) is 5.92 Å². The predicted octanol–water partition coefficient (Wildman–Crippen LogP) is 0.235. The molecule has 1 unspecified atom stereocenters. The quantitative estimate of drug-likeness (QED) is 0.841. The van der Waals surface area contributed by atoms with Crippen molar-refractivity contribution < 1.29 is 13.5 Å². The van der Waals surface area contributed by atoms with Crippen LogP contribution in [0.1, 0.15) is 32.1 Å². The van der Waals surface area contributed by atoms with Crippen LogP contribution >= 0.6 is 0 Å². The van der Waals surface area contributed by atoms with Gasteiger partial charge >= 0.3 is 0 Å². The van der Waals surface area contributed by atoms with Gasteiger partial charge < -0.3 is 5.11 Å². The summed E-state index contributed by atoms with van der Waals surface area (Å²) in [6, 6.07) is 0. The first kappa shape index (κ1) is 14.9. The average molecular weight is 314 g/mol. The van der Waals surface area contributed by atoms with E-state index in [0.29, 0.717) is 18.9 Å². The zero-order valence-electron chi connectivity index (χ0n) is 12.1. The summed E-state index contributed by atoms with van der Waals surface area (Å²) in [6.45, 7) is 0.824. The van der Waals surface area contributed by atoms with E-state index in [9.17, 15) is 13.5 Å². The Labute approximate surface area is 125 Å². The van der Waals surface area contributed by atoms with Gasteiger partial charge in [0.1, 0.15) is 0 Å². The van der Waals surface area contributed by atoms with Gasteiger partial charge in [0.05, 0.1) is 24.1 Å². The van der Waals surface area contributed by atoms with E-state index in [-0.39, 0.29) is 18.8 Å². The van der Waals surface area contributed by atoms with Crippen molar-refractivity contribution in [3.8, 4) is 0 Å². The van der Waals surface area contributed by atoms with Gasteiger partial charge in [-0.25, -0.2) is 13.1 Å². The summed E-state index contributed by atoms with van der Waals surface area (Å²) in [5, 5.41) is 18.1. The fourth-order valence-corrected chi connectivity index (χ4v) is 5.33. The summed E-state index contributed by atoms with van der Waals surface area (Å²) >= 11 is 0. The molecule has 21 heavy (non-hydrogen) atoms. The highest BCUT2D eigenvalue weighted by Gasteiger charge is 2.42. The Morgan fingerprint density at radius 1 is 1.33 bits per heavy atom. The van der Waals surface area contributed by atoms with Gasteiger partial charge in [-0.3, -0.25) is 0 Å². The van der Waals surface area contributed by atoms with Gasteiger partial charge in [-0.1, -0.05) is 18.1 Å². The number of aromatic nitrogens is 3. The fourth-order valence-electron chi connectivity index (χ4n) is 3.38. The van der Waals surface area contributed by atoms with E-state index >= 15 is 0 Å². The smallest absolute Gasteiger partial charge is 0.214 e. The Balaban J connectivity index is 1.62. The van der Waals surface area contributed by atoms with E-state index in [2.05, 4.69) is 10.3 Å². The van der Waals surface area contributed by atoms with E-state index in [4.69, 9.17) is 0 Å². The molecule has 3 rings (SSSR count). The maximum absolute atomic E-state index is 12.5. The van der Waals surface area contributed by atoms with Crippen molar-refractivity contribution in [2.75, 3.05) is 18.8 Å². The second-order valence-electron chi connectivity index (χ2n) is 6.34. The van der Waals surface area contributed by atoms with E-state index in [1.807, 2.05) is 0 Å². The SMILES string of the molecule is O=S(=O)(CC1CCCC1)N1CCC(O)(Cn2ccnn2)C1. The van der Waals surface area contributed by atoms with Crippen LogP contribution in [-0.2, 0) is 16.6 Å². The van der Waals surface area contributed by atoms with Crippen molar-refractivity contribution >= 4 is 10.0 Å². The lowest BCUT2D eigenvalue weighted by Gasteiger charge is -2.23. The molecular formula is C13H22N4O3S. The van der Waals surface area contributed by atoms with Crippen LogP contribution in [0.25, 0.3) is 0 Å². The number of sulfonamides is 1. The molecule has 1 aromatic rings. The summed E-state index contributed by atoms with van der Waals surface area (Å²) in [5.41, 5.74) is -1.05. The van der Waals surface area contributed by atoms with Crippen LogP contribution in [-0.4, -0.2) is 57.3 Å². The molecule has 1 aliphatic carbocycles. The minimum atomic E-state index is -3.27. The van der Waals surface area contributed by atoms with Crippen LogP contribution < -0.4 is 0 Å². The highest BCUT2D eigenvalue weighted by molar-refractivity contribution is 7.89. The highest BCUT2D eigenvalue weighted by atomic mass is 32.2. The topological polar surface area (TPSA) is 88.3 Å². The lowest BCUT2D eigenvalue weighted by molar-refractivity contribution is 0.0340. The zero-order valence-corrected chi connectivity index (χ0v) is 12.9. The van der Waals surface area contributed by atoms with E-state index in [1.54, 1.807) is 17.1 Å². The molecule has 0 amide bonds. The Kier molecular flexibility index (Phi) is 4.02. The normalized spacial score (nSPS) is 28.4. The Morgan fingerprint density at radius 2 is 2.10 bits per heavy atom. The zero-order chi connectivity index (χ0) is 14.9. The molecule has 118 valence electrons. The summed E-state index contributed by atoms with van der Waals surface area (Å²) in [5.74, 6) is 0.519. The van der Waals surface area contributed by atoms with Gasteiger partial charge in [0.2, 0.25) is 10.0 Å². The maximum Gasteiger partial charge on any atom is 0.214 e. The van der Waals surface area contributed by atoms with Crippen LogP contribution in [0.4, 0.5) is 0 Å². The van der Waals surface area contributed by atoms with Crippen LogP contribution in [0.2, 0.25) is 0 Å². The maximum atomic E-state index is 12.5. The largest absolute Gasteiger partial charge is 0.387 e. The molecule has 1 N–H and O–H groups in total. The molecule has 1 aliphatic heterocycles. The van der Waals surface area contributed by atoms with E-state index in [1.165, 1.54) is 4.31 Å². The number of rotatable bonds is 5. The summed E-state index contributed by atoms with van der Waals surface area (Å²) in [4.78, 5) is 0. The van der Waals surface area contributed by atoms with Crippen LogP contribution in [0.3, 0.4) is 0 Å². The molecule has 0 radical (unpaired) electrons. The molecule has 1 saturated carbocycles. The third kappa shape index (κ3) is 3.44. The lowest BCUT2D eigenvalue weighted by atomic mass is 10.0. The molecule has 0 aromatic carbocycles. The fraction of sp³-hybridized carbons (Fsp3) is 0.846. The van der Waals surface area contributed by atoms with E-state index in [0.717, 1.165) is 25.7 Å². The summed E-state index contributed by atoms with van der Waals surface area (Å²) in [6.07, 6.45) is 7.96. The summed E-state index contributed by atoms with van der Waals surface area (Å²) in [7, 11) is -3.27. The molecule has 2 heterocycles. The van der Waals surface area contributed by atoms with Crippen molar-refractivity contribution in [3.63, 3.8) is 0 Å². The molecule has 8 heteroatoms. The number of aliphatic hydroxyl groups is 1. The molecule has 0 spiro atoms. The predicted molar refractivity (Wildman–Crippen MR) is 76.9 cm³/mol. The first-order valence-electron chi connectivity index (χ1n) is 7.51. The molecule has 2 fully saturated rings. The molecule has 1 atom stereocenters. The van der Waals surface area contributed by atoms with Gasteiger partial charge in [-0.05, 0) is 25.2 Å². The van der Waals surface area contributed by atoms with Crippen LogP contribution in [0.5, 0.6) is 0 Å². The number of hydrogen-bond donors (Lipinski definition) is 1. The highest BCUT2D eigenvalue weighted by Crippen LogP contribution is 2.30. The van der Waals surface area contributed by atoms with Gasteiger partial charge in [0, 0.05) is 19.3 Å². The summed E-state index contributed by atoms with van der Waals surface area (Å²) < 4.78 is 27.9. The van der Waals surface area contributed by atoms with Crippen LogP contribution in [0.15, 0.2) is 12.4 Å². The second-order valence-corrected chi connectivity index (χ2v) is 8.35. The third-order valence-electron chi connectivity index (χ3n) is 4.54. The van der Waals surface area contributed by atoms with Crippen molar-refractivity contribution in [3.05, 3.63) is 12.4 Å². The molecule has 2 aliphatic rings. The molecular weight excluding hydrogens is 292 g/mol. The van der Waals surface area contributed by atoms with Crippen molar-refractivity contribution in [2.45, 2.75) is 44.2 Å². The molecule has 1 aromatic heterocycles. The van der Waals surface area contributed by atoms with E-state index < -0.39 is 15.6 Å². The molecule has 0 bridgehead atoms. The third-order valence-corrected chi connectivity index (χ3v) is 6.53.